The van der Waals surface area contributed by atoms with Crippen molar-refractivity contribution in [2.45, 2.75) is 58.8 Å². The van der Waals surface area contributed by atoms with E-state index in [1.165, 1.54) is 6.42 Å². The molecule has 0 amide bonds. The van der Waals surface area contributed by atoms with Gasteiger partial charge in [0.1, 0.15) is 5.78 Å². The van der Waals surface area contributed by atoms with Crippen LogP contribution in [0.2, 0.25) is 0 Å². The predicted molar refractivity (Wildman–Crippen MR) is 62.1 cm³/mol. The number of ether oxygens (including phenoxy) is 1. The third-order valence-corrected chi connectivity index (χ3v) is 3.49. The molecule has 1 saturated carbocycles. The summed E-state index contributed by atoms with van der Waals surface area (Å²) in [6.07, 6.45) is 6.06. The Morgan fingerprint density at radius 1 is 1.12 bits per heavy atom. The third-order valence-electron chi connectivity index (χ3n) is 3.49. The zero-order chi connectivity index (χ0) is 12.0. The average molecular weight is 226 g/mol. The molecule has 1 fully saturated rings. The van der Waals surface area contributed by atoms with Gasteiger partial charge in [-0.25, -0.2) is 0 Å². The lowest BCUT2D eigenvalue weighted by Gasteiger charge is -2.31. The number of esters is 1. The summed E-state index contributed by atoms with van der Waals surface area (Å²) in [5.74, 6) is -0.0180. The molecule has 0 radical (unpaired) electrons. The number of Topliss-reactive ketones (excluding diaryl/α,β-unsaturated/α-hetero) is 1. The maximum atomic E-state index is 12.0. The summed E-state index contributed by atoms with van der Waals surface area (Å²) in [6.45, 7) is 4.21. The van der Waals surface area contributed by atoms with Crippen molar-refractivity contribution >= 4 is 11.8 Å². The number of ketones is 1. The Morgan fingerprint density at radius 2 is 1.75 bits per heavy atom. The fraction of sp³-hybridized carbons (Fsp3) is 0.846. The molecule has 0 atom stereocenters. The van der Waals surface area contributed by atoms with Crippen molar-refractivity contribution in [3.8, 4) is 0 Å². The van der Waals surface area contributed by atoms with Crippen LogP contribution >= 0.6 is 0 Å². The fourth-order valence-electron chi connectivity index (χ4n) is 2.36. The minimum absolute atomic E-state index is 0.176. The summed E-state index contributed by atoms with van der Waals surface area (Å²) in [7, 11) is 0. The highest BCUT2D eigenvalue weighted by atomic mass is 16.5. The second-order valence-electron chi connectivity index (χ2n) is 4.85. The molecule has 0 aromatic rings. The second-order valence-corrected chi connectivity index (χ2v) is 4.85. The largest absolute Gasteiger partial charge is 0.466 e. The van der Waals surface area contributed by atoms with Crippen molar-refractivity contribution in [1.82, 2.24) is 0 Å². The monoisotopic (exact) mass is 226 g/mol. The van der Waals surface area contributed by atoms with Crippen LogP contribution in [0.15, 0.2) is 0 Å². The van der Waals surface area contributed by atoms with Gasteiger partial charge >= 0.3 is 5.97 Å². The number of carbonyl (C=O) groups is 2. The Morgan fingerprint density at radius 3 is 2.31 bits per heavy atom. The van der Waals surface area contributed by atoms with Crippen LogP contribution in [-0.2, 0) is 14.3 Å². The van der Waals surface area contributed by atoms with Gasteiger partial charge in [0.05, 0.1) is 13.0 Å². The Labute approximate surface area is 97.5 Å². The standard InChI is InChI=1S/C13H22O3/c1-3-16-12(15)8-7-11(14)13(2)9-5-4-6-10-13/h3-10H2,1-2H3. The molecule has 0 bridgehead atoms. The van der Waals surface area contributed by atoms with Crippen LogP contribution in [-0.4, -0.2) is 18.4 Å². The molecule has 0 saturated heterocycles. The van der Waals surface area contributed by atoms with Crippen LogP contribution in [0.3, 0.4) is 0 Å². The summed E-state index contributed by atoms with van der Waals surface area (Å²) < 4.78 is 4.82. The molecule has 0 aromatic heterocycles. The molecule has 3 nitrogen and oxygen atoms in total. The van der Waals surface area contributed by atoms with Gasteiger partial charge in [-0.15, -0.1) is 0 Å². The Kier molecular flexibility index (Phi) is 4.97. The first-order valence-corrected chi connectivity index (χ1v) is 6.27. The van der Waals surface area contributed by atoms with E-state index in [1.54, 1.807) is 6.92 Å². The lowest BCUT2D eigenvalue weighted by atomic mass is 9.72. The zero-order valence-electron chi connectivity index (χ0n) is 10.4. The molecule has 3 heteroatoms. The lowest BCUT2D eigenvalue weighted by Crippen LogP contribution is -2.30. The van der Waals surface area contributed by atoms with Crippen LogP contribution in [0.1, 0.15) is 58.8 Å². The van der Waals surface area contributed by atoms with Gasteiger partial charge in [0.15, 0.2) is 0 Å². The van der Waals surface area contributed by atoms with E-state index in [9.17, 15) is 9.59 Å². The van der Waals surface area contributed by atoms with E-state index >= 15 is 0 Å². The van der Waals surface area contributed by atoms with Crippen LogP contribution in [0.5, 0.6) is 0 Å². The summed E-state index contributed by atoms with van der Waals surface area (Å²) in [5.41, 5.74) is -0.176. The maximum absolute atomic E-state index is 12.0. The summed E-state index contributed by atoms with van der Waals surface area (Å²) in [4.78, 5) is 23.2. The Balaban J connectivity index is 2.36. The third kappa shape index (κ3) is 3.62. The topological polar surface area (TPSA) is 43.4 Å². The van der Waals surface area contributed by atoms with Crippen molar-refractivity contribution in [3.63, 3.8) is 0 Å². The van der Waals surface area contributed by atoms with Gasteiger partial charge in [0.2, 0.25) is 0 Å². The molecular weight excluding hydrogens is 204 g/mol. The molecule has 1 rings (SSSR count). The summed E-state index contributed by atoms with van der Waals surface area (Å²) >= 11 is 0. The van der Waals surface area contributed by atoms with Gasteiger partial charge < -0.3 is 4.74 Å². The van der Waals surface area contributed by atoms with Crippen molar-refractivity contribution in [2.24, 2.45) is 5.41 Å². The molecule has 1 aliphatic rings. The quantitative estimate of drug-likeness (QED) is 0.677. The molecule has 0 unspecified atom stereocenters. The maximum Gasteiger partial charge on any atom is 0.306 e. The first-order valence-electron chi connectivity index (χ1n) is 6.27. The van der Waals surface area contributed by atoms with Gasteiger partial charge in [0.25, 0.3) is 0 Å². The number of hydrogen-bond acceptors (Lipinski definition) is 3. The van der Waals surface area contributed by atoms with Gasteiger partial charge in [-0.3, -0.25) is 9.59 Å². The molecule has 1 aliphatic carbocycles. The van der Waals surface area contributed by atoms with Crippen molar-refractivity contribution in [3.05, 3.63) is 0 Å². The highest BCUT2D eigenvalue weighted by Gasteiger charge is 2.33. The predicted octanol–water partition coefficient (Wildman–Crippen LogP) is 2.87. The highest BCUT2D eigenvalue weighted by Crippen LogP contribution is 2.37. The normalized spacial score (nSPS) is 19.1. The van der Waals surface area contributed by atoms with E-state index in [-0.39, 0.29) is 23.6 Å². The van der Waals surface area contributed by atoms with E-state index in [0.717, 1.165) is 25.7 Å². The first kappa shape index (κ1) is 13.2. The molecule has 92 valence electrons. The van der Waals surface area contributed by atoms with Crippen LogP contribution < -0.4 is 0 Å². The van der Waals surface area contributed by atoms with E-state index in [2.05, 4.69) is 0 Å². The molecule has 0 aliphatic heterocycles. The number of carbonyl (C=O) groups excluding carboxylic acids is 2. The number of hydrogen-bond donors (Lipinski definition) is 0. The molecule has 0 heterocycles. The molecule has 16 heavy (non-hydrogen) atoms. The van der Waals surface area contributed by atoms with E-state index in [4.69, 9.17) is 4.74 Å². The number of rotatable bonds is 5. The van der Waals surface area contributed by atoms with Gasteiger partial charge in [0, 0.05) is 11.8 Å². The average Bonchev–Trinajstić information content (AvgIpc) is 2.27. The molecule has 0 spiro atoms. The Hall–Kier alpha value is -0.860. The summed E-state index contributed by atoms with van der Waals surface area (Å²) in [5, 5.41) is 0. The van der Waals surface area contributed by atoms with Crippen LogP contribution in [0.25, 0.3) is 0 Å². The van der Waals surface area contributed by atoms with E-state index < -0.39 is 0 Å². The SMILES string of the molecule is CCOC(=O)CCC(=O)C1(C)CCCCC1. The van der Waals surface area contributed by atoms with Crippen molar-refractivity contribution in [2.75, 3.05) is 6.61 Å². The zero-order valence-corrected chi connectivity index (χ0v) is 10.4. The smallest absolute Gasteiger partial charge is 0.306 e. The van der Waals surface area contributed by atoms with Gasteiger partial charge in [-0.1, -0.05) is 26.2 Å². The van der Waals surface area contributed by atoms with Crippen molar-refractivity contribution in [1.29, 1.82) is 0 Å². The minimum atomic E-state index is -0.254. The van der Waals surface area contributed by atoms with Crippen LogP contribution in [0, 0.1) is 5.41 Å². The van der Waals surface area contributed by atoms with Gasteiger partial charge in [-0.05, 0) is 19.8 Å². The van der Waals surface area contributed by atoms with Crippen LogP contribution in [0.4, 0.5) is 0 Å². The Bertz CT molecular complexity index is 252. The molecule has 0 N–H and O–H groups in total. The van der Waals surface area contributed by atoms with E-state index in [1.807, 2.05) is 6.92 Å². The lowest BCUT2D eigenvalue weighted by molar-refractivity contribution is -0.145. The fourth-order valence-corrected chi connectivity index (χ4v) is 2.36. The van der Waals surface area contributed by atoms with Crippen molar-refractivity contribution < 1.29 is 14.3 Å². The second kappa shape index (κ2) is 6.02. The highest BCUT2D eigenvalue weighted by molar-refractivity contribution is 5.87. The molecule has 0 aromatic carbocycles. The minimum Gasteiger partial charge on any atom is -0.466 e. The van der Waals surface area contributed by atoms with Gasteiger partial charge in [-0.2, -0.15) is 0 Å². The first-order chi connectivity index (χ1) is 7.58. The van der Waals surface area contributed by atoms with E-state index in [0.29, 0.717) is 13.0 Å². The summed E-state index contributed by atoms with van der Waals surface area (Å²) in [6, 6.07) is 0. The molecular formula is C13H22O3.